The second kappa shape index (κ2) is 10.8. The summed E-state index contributed by atoms with van der Waals surface area (Å²) in [5.41, 5.74) is -1.00. The van der Waals surface area contributed by atoms with Gasteiger partial charge in [0.05, 0.1) is 24.5 Å². The van der Waals surface area contributed by atoms with Gasteiger partial charge in [-0.2, -0.15) is 31.4 Å². The number of hydrazine groups is 1. The highest BCUT2D eigenvalue weighted by atomic mass is 19.4. The molecule has 1 fully saturated rings. The summed E-state index contributed by atoms with van der Waals surface area (Å²) in [5, 5.41) is 8.96. The van der Waals surface area contributed by atoms with Gasteiger partial charge in [0, 0.05) is 12.1 Å². The van der Waals surface area contributed by atoms with Gasteiger partial charge in [-0.15, -0.1) is 5.10 Å². The second-order valence-electron chi connectivity index (χ2n) is 8.21. The van der Waals surface area contributed by atoms with Crippen LogP contribution in [0.1, 0.15) is 29.5 Å². The molecule has 6 nitrogen and oxygen atoms in total. The van der Waals surface area contributed by atoms with Crippen LogP contribution in [0.3, 0.4) is 0 Å². The van der Waals surface area contributed by atoms with Crippen LogP contribution in [-0.4, -0.2) is 38.4 Å². The molecule has 0 bridgehead atoms. The van der Waals surface area contributed by atoms with Crippen LogP contribution in [0.5, 0.6) is 0 Å². The quantitative estimate of drug-likeness (QED) is 0.188. The molecule has 2 aromatic rings. The monoisotopic (exact) mass is 501 g/mol. The largest absolute Gasteiger partial charge is 0.453 e. The molecule has 0 amide bonds. The average Bonchev–Trinajstić information content (AvgIpc) is 2.82. The van der Waals surface area contributed by atoms with Gasteiger partial charge >= 0.3 is 12.4 Å². The molecule has 12 heteroatoms. The van der Waals surface area contributed by atoms with Crippen molar-refractivity contribution in [2.45, 2.75) is 37.2 Å². The Kier molecular flexibility index (Phi) is 8.18. The van der Waals surface area contributed by atoms with Crippen LogP contribution in [0.15, 0.2) is 58.7 Å². The standard InChI is InChI=1S/C23H25F6N5O/c1-31-33-20(23(27,28)29)34(30)19-12-16(11-18(13-19)22(24,25)26)14-35-15-21(7-9-32-10-8-21)17-5-3-2-4-6-17/h2-6,11-13,32H,1,7-10,14-15,30H2/b33-20-. The molecule has 3 N–H and O–H groups in total. The molecule has 0 radical (unpaired) electrons. The Morgan fingerprint density at radius 1 is 1.06 bits per heavy atom. The summed E-state index contributed by atoms with van der Waals surface area (Å²) in [4.78, 5) is 0. The highest BCUT2D eigenvalue weighted by molar-refractivity contribution is 6.00. The van der Waals surface area contributed by atoms with Gasteiger partial charge in [0.25, 0.3) is 5.84 Å². The molecule has 0 atom stereocenters. The zero-order chi connectivity index (χ0) is 25.7. The molecule has 0 unspecified atom stereocenters. The Hall–Kier alpha value is -2.96. The Morgan fingerprint density at radius 3 is 2.29 bits per heavy atom. The van der Waals surface area contributed by atoms with E-state index >= 15 is 0 Å². The molecule has 1 aliphatic rings. The van der Waals surface area contributed by atoms with Crippen LogP contribution in [-0.2, 0) is 22.9 Å². The van der Waals surface area contributed by atoms with Crippen molar-refractivity contribution < 1.29 is 31.1 Å². The average molecular weight is 501 g/mol. The summed E-state index contributed by atoms with van der Waals surface area (Å²) < 4.78 is 86.3. The molecule has 0 aliphatic carbocycles. The summed E-state index contributed by atoms with van der Waals surface area (Å²) in [6.45, 7) is 4.34. The number of nitrogens with one attached hydrogen (secondary N) is 1. The van der Waals surface area contributed by atoms with Gasteiger partial charge in [0.2, 0.25) is 0 Å². The van der Waals surface area contributed by atoms with Crippen LogP contribution >= 0.6 is 0 Å². The number of hydrogen-bond acceptors (Lipinski definition) is 5. The lowest BCUT2D eigenvalue weighted by molar-refractivity contribution is -0.137. The summed E-state index contributed by atoms with van der Waals surface area (Å²) in [6.07, 6.45) is -8.36. The van der Waals surface area contributed by atoms with Crippen molar-refractivity contribution >= 4 is 18.2 Å². The van der Waals surface area contributed by atoms with Gasteiger partial charge in [-0.25, -0.2) is 5.84 Å². The van der Waals surface area contributed by atoms with Crippen molar-refractivity contribution in [1.29, 1.82) is 0 Å². The summed E-state index contributed by atoms with van der Waals surface area (Å²) in [6, 6.07) is 12.1. The van der Waals surface area contributed by atoms with Crippen LogP contribution < -0.4 is 16.2 Å². The van der Waals surface area contributed by atoms with Gasteiger partial charge in [0.1, 0.15) is 0 Å². The molecule has 2 aromatic carbocycles. The summed E-state index contributed by atoms with van der Waals surface area (Å²) in [5.74, 6) is 3.80. The summed E-state index contributed by atoms with van der Waals surface area (Å²) >= 11 is 0. The van der Waals surface area contributed by atoms with Crippen molar-refractivity contribution in [3.8, 4) is 0 Å². The van der Waals surface area contributed by atoms with Crippen molar-refractivity contribution in [2.75, 3.05) is 24.7 Å². The van der Waals surface area contributed by atoms with Crippen LogP contribution in [0.4, 0.5) is 32.0 Å². The third-order valence-corrected chi connectivity index (χ3v) is 5.82. The van der Waals surface area contributed by atoms with E-state index in [2.05, 4.69) is 22.2 Å². The lowest BCUT2D eigenvalue weighted by Gasteiger charge is -2.38. The molecule has 0 spiro atoms. The number of alkyl halides is 6. The van der Waals surface area contributed by atoms with Crippen molar-refractivity contribution in [1.82, 2.24) is 5.32 Å². The SMILES string of the molecule is C=N/N=C(\N(N)c1cc(COCC2(c3ccccc3)CCNCC2)cc(C(F)(F)F)c1)C(F)(F)F. The van der Waals surface area contributed by atoms with Crippen LogP contribution in [0, 0.1) is 0 Å². The highest BCUT2D eigenvalue weighted by Gasteiger charge is 2.41. The number of ether oxygens (including phenoxy) is 1. The molecule has 1 saturated heterocycles. The topological polar surface area (TPSA) is 75.2 Å². The van der Waals surface area contributed by atoms with E-state index in [4.69, 9.17) is 10.6 Å². The maximum atomic E-state index is 13.5. The first-order chi connectivity index (χ1) is 16.5. The number of piperidine rings is 1. The molecular formula is C23H25F6N5O. The number of rotatable bonds is 7. The number of anilines is 1. The van der Waals surface area contributed by atoms with E-state index in [0.717, 1.165) is 43.6 Å². The summed E-state index contributed by atoms with van der Waals surface area (Å²) in [7, 11) is 0. The molecule has 3 rings (SSSR count). The normalized spacial score (nSPS) is 16.7. The minimum absolute atomic E-state index is 0.00564. The highest BCUT2D eigenvalue weighted by Crippen LogP contribution is 2.36. The fraction of sp³-hybridized carbons (Fsp3) is 0.391. The van der Waals surface area contributed by atoms with E-state index in [0.29, 0.717) is 6.07 Å². The van der Waals surface area contributed by atoms with E-state index in [1.165, 1.54) is 0 Å². The molecule has 35 heavy (non-hydrogen) atoms. The first-order valence-electron chi connectivity index (χ1n) is 10.7. The van der Waals surface area contributed by atoms with E-state index in [-0.39, 0.29) is 29.2 Å². The maximum Gasteiger partial charge on any atom is 0.453 e. The smallest absolute Gasteiger partial charge is 0.376 e. The Bertz CT molecular complexity index is 1030. The number of amidine groups is 1. The first-order valence-corrected chi connectivity index (χ1v) is 10.7. The zero-order valence-corrected chi connectivity index (χ0v) is 18.7. The predicted octanol–water partition coefficient (Wildman–Crippen LogP) is 4.80. The third-order valence-electron chi connectivity index (χ3n) is 5.82. The predicted molar refractivity (Wildman–Crippen MR) is 121 cm³/mol. The van der Waals surface area contributed by atoms with Crippen LogP contribution in [0.2, 0.25) is 0 Å². The van der Waals surface area contributed by atoms with Gasteiger partial charge < -0.3 is 10.1 Å². The van der Waals surface area contributed by atoms with Crippen LogP contribution in [0.25, 0.3) is 0 Å². The number of halogens is 6. The maximum absolute atomic E-state index is 13.5. The Labute approximate surface area is 198 Å². The first kappa shape index (κ1) is 26.6. The van der Waals surface area contributed by atoms with E-state index < -0.39 is 29.4 Å². The van der Waals surface area contributed by atoms with Crippen molar-refractivity contribution in [2.24, 2.45) is 16.0 Å². The van der Waals surface area contributed by atoms with Gasteiger partial charge in [-0.3, -0.25) is 5.01 Å². The lowest BCUT2D eigenvalue weighted by atomic mass is 9.74. The number of nitrogens with zero attached hydrogens (tertiary/aromatic N) is 3. The van der Waals surface area contributed by atoms with Gasteiger partial charge in [-0.05, 0) is 55.3 Å². The molecule has 0 aromatic heterocycles. The van der Waals surface area contributed by atoms with E-state index in [9.17, 15) is 26.3 Å². The molecular weight excluding hydrogens is 476 g/mol. The zero-order valence-electron chi connectivity index (χ0n) is 18.7. The lowest BCUT2D eigenvalue weighted by Crippen LogP contribution is -2.46. The molecule has 1 heterocycles. The fourth-order valence-corrected chi connectivity index (χ4v) is 4.07. The minimum Gasteiger partial charge on any atom is -0.376 e. The van der Waals surface area contributed by atoms with Gasteiger partial charge in [-0.1, -0.05) is 30.3 Å². The van der Waals surface area contributed by atoms with Crippen molar-refractivity contribution in [3.05, 3.63) is 65.2 Å². The molecule has 1 aliphatic heterocycles. The van der Waals surface area contributed by atoms with E-state index in [1.54, 1.807) is 0 Å². The van der Waals surface area contributed by atoms with E-state index in [1.807, 2.05) is 30.3 Å². The van der Waals surface area contributed by atoms with Crippen molar-refractivity contribution in [3.63, 3.8) is 0 Å². The molecule has 190 valence electrons. The Morgan fingerprint density at radius 2 is 1.71 bits per heavy atom. The Balaban J connectivity index is 1.87. The number of nitrogens with two attached hydrogens (primary N) is 1. The van der Waals surface area contributed by atoms with Gasteiger partial charge in [0.15, 0.2) is 0 Å². The second-order valence-corrected chi connectivity index (χ2v) is 8.21. The molecule has 0 saturated carbocycles. The number of benzene rings is 2. The third kappa shape index (κ3) is 6.59. The minimum atomic E-state index is -5.07. The number of hydrogen-bond donors (Lipinski definition) is 2. The fourth-order valence-electron chi connectivity index (χ4n) is 4.07.